The number of anilines is 3. The van der Waals surface area contributed by atoms with Crippen LogP contribution in [0.15, 0.2) is 48.5 Å². The van der Waals surface area contributed by atoms with Crippen molar-refractivity contribution in [1.29, 1.82) is 0 Å². The fourth-order valence-electron chi connectivity index (χ4n) is 2.50. The van der Waals surface area contributed by atoms with Crippen LogP contribution in [0.3, 0.4) is 0 Å². The van der Waals surface area contributed by atoms with Gasteiger partial charge in [0, 0.05) is 22.9 Å². The van der Waals surface area contributed by atoms with Crippen molar-refractivity contribution in [1.82, 2.24) is 0 Å². The van der Waals surface area contributed by atoms with Gasteiger partial charge in [0.2, 0.25) is 0 Å². The topological polar surface area (TPSA) is 124 Å². The van der Waals surface area contributed by atoms with E-state index in [9.17, 15) is 18.7 Å². The van der Waals surface area contributed by atoms with Gasteiger partial charge in [-0.05, 0) is 24.3 Å². The number of thiophene rings is 1. The first-order valence-corrected chi connectivity index (χ1v) is 9.67. The molecule has 10 heteroatoms. The number of benzene rings is 2. The van der Waals surface area contributed by atoms with Gasteiger partial charge in [0.05, 0.1) is 5.69 Å². The summed E-state index contributed by atoms with van der Waals surface area (Å²) in [5.74, 6) is -1.83. The Morgan fingerprint density at radius 1 is 1.15 bits per heavy atom. The zero-order chi connectivity index (χ0) is 19.7. The Bertz CT molecular complexity index is 1050. The van der Waals surface area contributed by atoms with Crippen LogP contribution in [0, 0.1) is 0 Å². The molecule has 0 bridgehead atoms. The molecule has 0 saturated heterocycles. The average Bonchev–Trinajstić information content (AvgIpc) is 2.96. The molecule has 0 aliphatic heterocycles. The van der Waals surface area contributed by atoms with Gasteiger partial charge in [-0.25, -0.2) is 13.3 Å². The van der Waals surface area contributed by atoms with E-state index < -0.39 is 23.0 Å². The lowest BCUT2D eigenvalue weighted by atomic mass is 10.1. The maximum Gasteiger partial charge on any atom is 0.339 e. The van der Waals surface area contributed by atoms with Crippen molar-refractivity contribution in [3.63, 3.8) is 0 Å². The van der Waals surface area contributed by atoms with E-state index in [0.717, 1.165) is 27.8 Å². The zero-order valence-corrected chi connectivity index (χ0v) is 15.9. The Morgan fingerprint density at radius 3 is 2.44 bits per heavy atom. The first-order chi connectivity index (χ1) is 12.8. The van der Waals surface area contributed by atoms with Crippen LogP contribution >= 0.6 is 22.9 Å². The van der Waals surface area contributed by atoms with Crippen LogP contribution < -0.4 is 10.0 Å². The Labute approximate surface area is 165 Å². The predicted molar refractivity (Wildman–Crippen MR) is 107 cm³/mol. The Morgan fingerprint density at radius 2 is 1.85 bits per heavy atom. The summed E-state index contributed by atoms with van der Waals surface area (Å²) in [6, 6.07) is 12.2. The molecule has 5 N–H and O–H groups in total. The number of aromatic hydroxyl groups is 1. The lowest BCUT2D eigenvalue weighted by Gasteiger charge is -2.18. The van der Waals surface area contributed by atoms with Gasteiger partial charge in [-0.3, -0.25) is 4.55 Å². The summed E-state index contributed by atoms with van der Waals surface area (Å²) >= 11 is 4.87. The van der Waals surface area contributed by atoms with Crippen molar-refractivity contribution in [2.24, 2.45) is 0 Å². The number of carboxylic acids is 1. The first kappa shape index (κ1) is 19.2. The lowest BCUT2D eigenvalue weighted by Crippen LogP contribution is -2.18. The van der Waals surface area contributed by atoms with Crippen molar-refractivity contribution in [2.45, 2.75) is 0 Å². The molecule has 3 aromatic rings. The minimum absolute atomic E-state index is 0.129. The van der Waals surface area contributed by atoms with Crippen LogP contribution in [0.1, 0.15) is 10.4 Å². The van der Waals surface area contributed by atoms with Crippen molar-refractivity contribution in [3.05, 3.63) is 58.4 Å². The van der Waals surface area contributed by atoms with Crippen molar-refractivity contribution in [3.8, 4) is 16.9 Å². The molecule has 1 aromatic heterocycles. The number of aromatic carboxylic acids is 1. The normalized spacial score (nSPS) is 11.9. The maximum atomic E-state index is 11.9. The van der Waals surface area contributed by atoms with E-state index in [1.807, 2.05) is 0 Å². The molecule has 0 spiro atoms. The first-order valence-electron chi connectivity index (χ1n) is 7.41. The number of halogens is 1. The number of rotatable bonds is 5. The quantitative estimate of drug-likeness (QED) is 0.357. The largest absolute Gasteiger partial charge is 0.507 e. The molecule has 3 rings (SSSR count). The summed E-state index contributed by atoms with van der Waals surface area (Å²) < 4.78 is 23.1. The van der Waals surface area contributed by atoms with Gasteiger partial charge in [0.25, 0.3) is 11.3 Å². The molecule has 140 valence electrons. The van der Waals surface area contributed by atoms with Crippen LogP contribution in [0.5, 0.6) is 5.75 Å². The fourth-order valence-corrected chi connectivity index (χ4v) is 4.53. The molecule has 0 radical (unpaired) electrons. The molecule has 27 heavy (non-hydrogen) atoms. The van der Waals surface area contributed by atoms with E-state index in [0.29, 0.717) is 26.2 Å². The second-order valence-electron chi connectivity index (χ2n) is 5.39. The van der Waals surface area contributed by atoms with Crippen LogP contribution in [0.2, 0.25) is 4.34 Å². The summed E-state index contributed by atoms with van der Waals surface area (Å²) in [7, 11) is 0. The van der Waals surface area contributed by atoms with Crippen molar-refractivity contribution >= 4 is 56.5 Å². The monoisotopic (exact) mass is 424 g/mol. The van der Waals surface area contributed by atoms with Gasteiger partial charge < -0.3 is 15.9 Å². The van der Waals surface area contributed by atoms with Crippen molar-refractivity contribution < 1.29 is 23.8 Å². The summed E-state index contributed by atoms with van der Waals surface area (Å²) in [4.78, 5) is 11.0. The third-order valence-electron chi connectivity index (χ3n) is 3.73. The van der Waals surface area contributed by atoms with E-state index in [2.05, 4.69) is 0 Å². The highest BCUT2D eigenvalue weighted by Crippen LogP contribution is 2.44. The van der Waals surface area contributed by atoms with Gasteiger partial charge in [-0.1, -0.05) is 29.8 Å². The molecule has 0 aliphatic carbocycles. The van der Waals surface area contributed by atoms with Gasteiger partial charge in [-0.2, -0.15) is 0 Å². The second kappa shape index (κ2) is 7.57. The molecule has 1 unspecified atom stereocenters. The molecular formula is C17H13ClN2O5S2. The minimum atomic E-state index is -2.49. The summed E-state index contributed by atoms with van der Waals surface area (Å²) in [5.41, 5.74) is 7.57. The van der Waals surface area contributed by atoms with E-state index in [4.69, 9.17) is 22.4 Å². The van der Waals surface area contributed by atoms with Crippen LogP contribution in [-0.2, 0) is 11.3 Å². The highest BCUT2D eigenvalue weighted by Gasteiger charge is 2.22. The molecule has 0 saturated carbocycles. The molecular weight excluding hydrogens is 412 g/mol. The Balaban J connectivity index is 2.09. The predicted octanol–water partition coefficient (Wildman–Crippen LogP) is 4.33. The summed E-state index contributed by atoms with van der Waals surface area (Å²) in [6.45, 7) is 0. The molecule has 1 atom stereocenters. The summed E-state index contributed by atoms with van der Waals surface area (Å²) in [5, 5.41) is 19.2. The van der Waals surface area contributed by atoms with E-state index in [-0.39, 0.29) is 11.3 Å². The zero-order valence-electron chi connectivity index (χ0n) is 13.5. The number of nitrogens with two attached hydrogens (primary N) is 1. The smallest absolute Gasteiger partial charge is 0.339 e. The maximum absolute atomic E-state index is 11.9. The Hall–Kier alpha value is -2.59. The molecule has 2 aromatic carbocycles. The minimum Gasteiger partial charge on any atom is -0.507 e. The molecule has 7 nitrogen and oxygen atoms in total. The number of phenols is 1. The number of hydrogen-bond donors (Lipinski definition) is 4. The third kappa shape index (κ3) is 3.76. The highest BCUT2D eigenvalue weighted by molar-refractivity contribution is 7.81. The van der Waals surface area contributed by atoms with E-state index in [1.165, 1.54) is 6.07 Å². The van der Waals surface area contributed by atoms with E-state index in [1.54, 1.807) is 30.3 Å². The van der Waals surface area contributed by atoms with Gasteiger partial charge in [0.1, 0.15) is 20.7 Å². The third-order valence-corrected chi connectivity index (χ3v) is 5.91. The highest BCUT2D eigenvalue weighted by atomic mass is 35.5. The average molecular weight is 425 g/mol. The Kier molecular flexibility index (Phi) is 5.38. The molecule has 0 fully saturated rings. The number of carbonyl (C=O) groups is 1. The van der Waals surface area contributed by atoms with Crippen LogP contribution in [0.4, 0.5) is 16.4 Å². The standard InChI is InChI=1S/C17H13ClN2O5S2/c18-16-12(10-3-1-2-4-13(10)19)8-15(26-16)20(27(24)25)9-5-6-11(17(22)23)14(21)7-9/h1-8,21H,19H2,(H,22,23)(H,24,25). The second-order valence-corrected chi connectivity index (χ2v) is 7.85. The SMILES string of the molecule is Nc1ccccc1-c1cc(N(c2ccc(C(=O)O)c(O)c2)S(=O)O)sc1Cl. The van der Waals surface area contributed by atoms with E-state index >= 15 is 0 Å². The summed E-state index contributed by atoms with van der Waals surface area (Å²) in [6.07, 6.45) is 0. The number of nitrogens with zero attached hydrogens (tertiary/aromatic N) is 1. The number of para-hydroxylation sites is 1. The van der Waals surface area contributed by atoms with Crippen LogP contribution in [0.25, 0.3) is 11.1 Å². The number of carboxylic acid groups (broad SMARTS) is 1. The van der Waals surface area contributed by atoms with Gasteiger partial charge in [-0.15, -0.1) is 11.3 Å². The number of nitrogen functional groups attached to an aromatic ring is 1. The molecule has 0 aliphatic rings. The lowest BCUT2D eigenvalue weighted by molar-refractivity contribution is 0.0694. The molecule has 0 amide bonds. The van der Waals surface area contributed by atoms with Gasteiger partial charge in [0.15, 0.2) is 0 Å². The molecule has 1 heterocycles. The number of hydrogen-bond acceptors (Lipinski definition) is 5. The van der Waals surface area contributed by atoms with Crippen LogP contribution in [-0.4, -0.2) is 24.9 Å². The van der Waals surface area contributed by atoms with Gasteiger partial charge >= 0.3 is 5.97 Å². The van der Waals surface area contributed by atoms with Crippen molar-refractivity contribution in [2.75, 3.05) is 10.0 Å². The fraction of sp³-hybridized carbons (Fsp3) is 0.